The Kier molecular flexibility index (Phi) is 1.54. The summed E-state index contributed by atoms with van der Waals surface area (Å²) in [7, 11) is 0. The molecule has 1 atom stereocenters. The van der Waals surface area contributed by atoms with Crippen molar-refractivity contribution in [2.24, 2.45) is 9.98 Å². The summed E-state index contributed by atoms with van der Waals surface area (Å²) in [4.78, 5) is 6.90. The molecule has 3 nitrogen and oxygen atoms in total. The molecular formula is C5H4FN3. The second-order valence-corrected chi connectivity index (χ2v) is 1.55. The van der Waals surface area contributed by atoms with Crippen molar-refractivity contribution in [2.45, 2.75) is 6.30 Å². The Bertz CT molecular complexity index is 201. The summed E-state index contributed by atoms with van der Waals surface area (Å²) in [5, 5.41) is 8.17. The zero-order chi connectivity index (χ0) is 6.69. The molecule has 1 aliphatic rings. The molecule has 46 valence electrons. The molecule has 0 bridgehead atoms. The number of halogens is 1. The molecule has 0 aromatic heterocycles. The molecule has 0 fully saturated rings. The Labute approximate surface area is 51.5 Å². The lowest BCUT2D eigenvalue weighted by atomic mass is 10.4. The lowest BCUT2D eigenvalue weighted by Crippen LogP contribution is -2.12. The van der Waals surface area contributed by atoms with Gasteiger partial charge in [0.25, 0.3) is 0 Å². The third-order valence-corrected chi connectivity index (χ3v) is 0.863. The van der Waals surface area contributed by atoms with Gasteiger partial charge in [0, 0.05) is 0 Å². The number of aliphatic imine (C=N–C) groups is 2. The Morgan fingerprint density at radius 1 is 1.89 bits per heavy atom. The lowest BCUT2D eigenvalue weighted by molar-refractivity contribution is 0.355. The molecule has 1 unspecified atom stereocenters. The number of nitriles is 1. The molecule has 0 N–H and O–H groups in total. The van der Waals surface area contributed by atoms with E-state index in [0.717, 1.165) is 0 Å². The van der Waals surface area contributed by atoms with Gasteiger partial charge in [-0.2, -0.15) is 5.26 Å². The van der Waals surface area contributed by atoms with Gasteiger partial charge in [0.05, 0.1) is 12.8 Å². The maximum Gasteiger partial charge on any atom is 0.210 e. The van der Waals surface area contributed by atoms with Crippen LogP contribution < -0.4 is 0 Å². The Morgan fingerprint density at radius 2 is 2.67 bits per heavy atom. The molecule has 0 aromatic carbocycles. The first-order chi connectivity index (χ1) is 4.33. The first-order valence-corrected chi connectivity index (χ1v) is 2.44. The van der Waals surface area contributed by atoms with E-state index < -0.39 is 6.30 Å². The molecule has 1 aliphatic heterocycles. The molecule has 0 spiro atoms. The van der Waals surface area contributed by atoms with Crippen molar-refractivity contribution < 1.29 is 4.39 Å². The fourth-order valence-electron chi connectivity index (χ4n) is 0.509. The maximum absolute atomic E-state index is 12.2. The fourth-order valence-corrected chi connectivity index (χ4v) is 0.509. The van der Waals surface area contributed by atoms with E-state index in [0.29, 0.717) is 0 Å². The molecule has 0 aromatic rings. The molecular weight excluding hydrogens is 121 g/mol. The van der Waals surface area contributed by atoms with Gasteiger partial charge in [-0.25, -0.2) is 9.38 Å². The molecule has 4 heteroatoms. The van der Waals surface area contributed by atoms with Gasteiger partial charge in [-0.1, -0.05) is 0 Å². The van der Waals surface area contributed by atoms with Crippen molar-refractivity contribution in [3.63, 3.8) is 0 Å². The van der Waals surface area contributed by atoms with Gasteiger partial charge < -0.3 is 0 Å². The van der Waals surface area contributed by atoms with Crippen molar-refractivity contribution >= 4 is 11.9 Å². The van der Waals surface area contributed by atoms with Crippen LogP contribution in [0.1, 0.15) is 0 Å². The zero-order valence-corrected chi connectivity index (χ0v) is 4.58. The third-order valence-electron chi connectivity index (χ3n) is 0.863. The zero-order valence-electron chi connectivity index (χ0n) is 4.58. The Morgan fingerprint density at radius 3 is 3.11 bits per heavy atom. The normalized spacial score (nSPS) is 24.9. The van der Waals surface area contributed by atoms with Crippen LogP contribution in [0.5, 0.6) is 0 Å². The van der Waals surface area contributed by atoms with Crippen LogP contribution in [0, 0.1) is 11.3 Å². The van der Waals surface area contributed by atoms with Crippen LogP contribution in [0.3, 0.4) is 0 Å². The Balaban J connectivity index is 2.74. The molecule has 0 saturated heterocycles. The van der Waals surface area contributed by atoms with E-state index in [1.165, 1.54) is 6.21 Å². The summed E-state index contributed by atoms with van der Waals surface area (Å²) in [6, 6.07) is 1.69. The van der Waals surface area contributed by atoms with Crippen molar-refractivity contribution in [3.8, 4) is 6.07 Å². The van der Waals surface area contributed by atoms with E-state index in [9.17, 15) is 4.39 Å². The van der Waals surface area contributed by atoms with E-state index in [4.69, 9.17) is 5.26 Å². The summed E-state index contributed by atoms with van der Waals surface area (Å²) in [6.45, 7) is 0.0468. The first kappa shape index (κ1) is 5.89. The monoisotopic (exact) mass is 125 g/mol. The summed E-state index contributed by atoms with van der Waals surface area (Å²) >= 11 is 0. The molecule has 9 heavy (non-hydrogen) atoms. The largest absolute Gasteiger partial charge is 0.285 e. The van der Waals surface area contributed by atoms with Crippen LogP contribution in [0.4, 0.5) is 4.39 Å². The number of nitrogens with zero attached hydrogens (tertiary/aromatic N) is 3. The predicted molar refractivity (Wildman–Crippen MR) is 31.3 cm³/mol. The minimum absolute atomic E-state index is 0.0468. The first-order valence-electron chi connectivity index (χ1n) is 2.44. The van der Waals surface area contributed by atoms with E-state index in [-0.39, 0.29) is 12.3 Å². The minimum Gasteiger partial charge on any atom is -0.285 e. The van der Waals surface area contributed by atoms with Crippen LogP contribution >= 0.6 is 0 Å². The highest BCUT2D eigenvalue weighted by atomic mass is 19.1. The van der Waals surface area contributed by atoms with E-state index in [1.54, 1.807) is 6.07 Å². The Hall–Kier alpha value is -1.24. The second kappa shape index (κ2) is 2.35. The standard InChI is InChI=1S/C5H4FN3/c6-5-3-8-2-4(1-7)9-5/h2,5H,3H2. The van der Waals surface area contributed by atoms with E-state index in [1.807, 2.05) is 0 Å². The van der Waals surface area contributed by atoms with Gasteiger partial charge in [0.2, 0.25) is 6.30 Å². The van der Waals surface area contributed by atoms with E-state index in [2.05, 4.69) is 9.98 Å². The maximum atomic E-state index is 12.2. The second-order valence-electron chi connectivity index (χ2n) is 1.55. The molecule has 0 aliphatic carbocycles. The summed E-state index contributed by atoms with van der Waals surface area (Å²) < 4.78 is 12.2. The van der Waals surface area contributed by atoms with Crippen molar-refractivity contribution in [1.29, 1.82) is 5.26 Å². The number of hydrogen-bond acceptors (Lipinski definition) is 3. The van der Waals surface area contributed by atoms with Crippen LogP contribution in [0.2, 0.25) is 0 Å². The van der Waals surface area contributed by atoms with Crippen LogP contribution in [-0.4, -0.2) is 24.8 Å². The highest BCUT2D eigenvalue weighted by Gasteiger charge is 2.07. The molecule has 0 amide bonds. The fraction of sp³-hybridized carbons (Fsp3) is 0.400. The molecule has 0 radical (unpaired) electrons. The highest BCUT2D eigenvalue weighted by Crippen LogP contribution is 1.97. The van der Waals surface area contributed by atoms with Gasteiger partial charge in [-0.15, -0.1) is 0 Å². The van der Waals surface area contributed by atoms with Gasteiger partial charge in [0.15, 0.2) is 5.71 Å². The third kappa shape index (κ3) is 1.32. The average molecular weight is 125 g/mol. The minimum atomic E-state index is -1.32. The SMILES string of the molecule is N#CC1=NC(F)CN=C1. The van der Waals surface area contributed by atoms with Crippen LogP contribution in [0.15, 0.2) is 9.98 Å². The summed E-state index contributed by atoms with van der Waals surface area (Å²) in [5.41, 5.74) is 0.0637. The van der Waals surface area contributed by atoms with Crippen molar-refractivity contribution in [2.75, 3.05) is 6.54 Å². The predicted octanol–water partition coefficient (Wildman–Crippen LogP) is 0.331. The lowest BCUT2D eigenvalue weighted by Gasteiger charge is -2.01. The van der Waals surface area contributed by atoms with Gasteiger partial charge in [0.1, 0.15) is 6.07 Å². The summed E-state index contributed by atoms with van der Waals surface area (Å²) in [5.74, 6) is 0. The van der Waals surface area contributed by atoms with E-state index >= 15 is 0 Å². The highest BCUT2D eigenvalue weighted by molar-refractivity contribution is 6.38. The number of hydrogen-bond donors (Lipinski definition) is 0. The molecule has 1 rings (SSSR count). The molecule has 0 saturated carbocycles. The smallest absolute Gasteiger partial charge is 0.210 e. The average Bonchev–Trinajstić information content (AvgIpc) is 1.88. The number of alkyl halides is 1. The molecule has 1 heterocycles. The van der Waals surface area contributed by atoms with Crippen molar-refractivity contribution in [3.05, 3.63) is 0 Å². The van der Waals surface area contributed by atoms with Crippen LogP contribution in [0.25, 0.3) is 0 Å². The van der Waals surface area contributed by atoms with Crippen molar-refractivity contribution in [1.82, 2.24) is 0 Å². The van der Waals surface area contributed by atoms with Gasteiger partial charge in [-0.05, 0) is 0 Å². The topological polar surface area (TPSA) is 48.5 Å². The van der Waals surface area contributed by atoms with Gasteiger partial charge >= 0.3 is 0 Å². The van der Waals surface area contributed by atoms with Gasteiger partial charge in [-0.3, -0.25) is 4.99 Å². The van der Waals surface area contributed by atoms with Crippen LogP contribution in [-0.2, 0) is 0 Å². The number of rotatable bonds is 0. The summed E-state index contributed by atoms with van der Waals surface area (Å²) in [6.07, 6.45) is -0.0412. The quantitative estimate of drug-likeness (QED) is 0.430.